The maximum Gasteiger partial charge on any atom is 0.234 e. The van der Waals surface area contributed by atoms with Crippen LogP contribution < -0.4 is 0 Å². The van der Waals surface area contributed by atoms with Gasteiger partial charge in [-0.3, -0.25) is 9.59 Å². The molecule has 2 aromatic carbocycles. The first-order valence-electron chi connectivity index (χ1n) is 5.16. The fraction of sp³-hybridized carbons (Fsp3) is 0. The standard InChI is InChI=1S/C14H9O4/c15-8-10-3-6-12(17)7-13(10)14(18)9-1-4-11(16)5-2-9/h1-7,16-17H. The summed E-state index contributed by atoms with van der Waals surface area (Å²) >= 11 is 0. The zero-order chi connectivity index (χ0) is 13.1. The molecule has 0 aliphatic heterocycles. The van der Waals surface area contributed by atoms with E-state index in [4.69, 9.17) is 5.11 Å². The number of phenolic OH excluding ortho intramolecular Hbond substituents is 2. The van der Waals surface area contributed by atoms with Crippen molar-refractivity contribution in [2.24, 2.45) is 0 Å². The Kier molecular flexibility index (Phi) is 3.10. The summed E-state index contributed by atoms with van der Waals surface area (Å²) in [5, 5.41) is 18.5. The zero-order valence-corrected chi connectivity index (χ0v) is 9.25. The molecule has 89 valence electrons. The maximum atomic E-state index is 12.1. The second-order valence-electron chi connectivity index (χ2n) is 3.71. The normalized spacial score (nSPS) is 10.0. The van der Waals surface area contributed by atoms with Crippen LogP contribution in [0.1, 0.15) is 21.5 Å². The molecule has 4 nitrogen and oxygen atoms in total. The lowest BCUT2D eigenvalue weighted by molar-refractivity contribution is 0.103. The van der Waals surface area contributed by atoms with Gasteiger partial charge in [-0.05, 0) is 42.5 Å². The van der Waals surface area contributed by atoms with Crippen LogP contribution in [0.25, 0.3) is 0 Å². The van der Waals surface area contributed by atoms with Gasteiger partial charge in [-0.25, -0.2) is 0 Å². The molecule has 0 amide bonds. The highest BCUT2D eigenvalue weighted by molar-refractivity contribution is 6.13. The number of aromatic hydroxyl groups is 2. The first-order chi connectivity index (χ1) is 8.61. The molecule has 0 aliphatic carbocycles. The molecule has 1 radical (unpaired) electrons. The lowest BCUT2D eigenvalue weighted by Crippen LogP contribution is -2.04. The Morgan fingerprint density at radius 2 is 1.56 bits per heavy atom. The summed E-state index contributed by atoms with van der Waals surface area (Å²) in [7, 11) is 0. The van der Waals surface area contributed by atoms with Crippen molar-refractivity contribution >= 4 is 12.1 Å². The zero-order valence-electron chi connectivity index (χ0n) is 9.25. The molecule has 0 fully saturated rings. The lowest BCUT2D eigenvalue weighted by atomic mass is 9.98. The van der Waals surface area contributed by atoms with Crippen LogP contribution in [-0.4, -0.2) is 22.3 Å². The molecule has 0 unspecified atom stereocenters. The summed E-state index contributed by atoms with van der Waals surface area (Å²) < 4.78 is 0. The first kappa shape index (κ1) is 11.9. The van der Waals surface area contributed by atoms with E-state index < -0.39 is 5.78 Å². The van der Waals surface area contributed by atoms with Crippen LogP contribution in [0.2, 0.25) is 0 Å². The van der Waals surface area contributed by atoms with Gasteiger partial charge in [-0.2, -0.15) is 0 Å². The highest BCUT2D eigenvalue weighted by atomic mass is 16.3. The minimum atomic E-state index is -0.413. The Bertz CT molecular complexity index is 600. The number of benzene rings is 2. The van der Waals surface area contributed by atoms with E-state index in [9.17, 15) is 14.7 Å². The van der Waals surface area contributed by atoms with Crippen molar-refractivity contribution in [2.45, 2.75) is 0 Å². The van der Waals surface area contributed by atoms with Crippen molar-refractivity contribution in [1.82, 2.24) is 0 Å². The van der Waals surface area contributed by atoms with Crippen molar-refractivity contribution in [3.63, 3.8) is 0 Å². The fourth-order valence-electron chi connectivity index (χ4n) is 1.58. The molecular formula is C14H9O4. The minimum absolute atomic E-state index is 0.0460. The van der Waals surface area contributed by atoms with Gasteiger partial charge in [0.25, 0.3) is 0 Å². The average Bonchev–Trinajstić information content (AvgIpc) is 2.39. The van der Waals surface area contributed by atoms with E-state index >= 15 is 0 Å². The molecule has 0 saturated heterocycles. The molecule has 0 spiro atoms. The van der Waals surface area contributed by atoms with Crippen LogP contribution in [-0.2, 0) is 4.79 Å². The van der Waals surface area contributed by atoms with E-state index in [0.717, 1.165) is 0 Å². The molecule has 2 aromatic rings. The van der Waals surface area contributed by atoms with Crippen LogP contribution in [0.15, 0.2) is 42.5 Å². The SMILES string of the molecule is O=[C]c1ccc(O)cc1C(=O)c1ccc(O)cc1. The molecule has 18 heavy (non-hydrogen) atoms. The van der Waals surface area contributed by atoms with E-state index in [0.29, 0.717) is 5.56 Å². The second-order valence-corrected chi connectivity index (χ2v) is 3.71. The number of carbonyl (C=O) groups excluding carboxylic acids is 2. The summed E-state index contributed by atoms with van der Waals surface area (Å²) in [6.07, 6.45) is 1.65. The molecule has 2 N–H and O–H groups in total. The van der Waals surface area contributed by atoms with Crippen molar-refractivity contribution in [3.05, 3.63) is 59.2 Å². The summed E-state index contributed by atoms with van der Waals surface area (Å²) in [6, 6.07) is 9.49. The van der Waals surface area contributed by atoms with Gasteiger partial charge in [0, 0.05) is 16.7 Å². The van der Waals surface area contributed by atoms with Crippen molar-refractivity contribution in [3.8, 4) is 11.5 Å². The summed E-state index contributed by atoms with van der Waals surface area (Å²) in [6.45, 7) is 0. The predicted octanol–water partition coefficient (Wildman–Crippen LogP) is 1.79. The smallest absolute Gasteiger partial charge is 0.234 e. The van der Waals surface area contributed by atoms with Crippen LogP contribution in [0.5, 0.6) is 11.5 Å². The van der Waals surface area contributed by atoms with Gasteiger partial charge in [-0.1, -0.05) is 0 Å². The Balaban J connectivity index is 2.48. The molecule has 0 aliphatic rings. The van der Waals surface area contributed by atoms with Crippen molar-refractivity contribution < 1.29 is 19.8 Å². The summed E-state index contributed by atoms with van der Waals surface area (Å²) in [5.41, 5.74) is 0.483. The van der Waals surface area contributed by atoms with Crippen LogP contribution >= 0.6 is 0 Å². The Labute approximate surface area is 103 Å². The van der Waals surface area contributed by atoms with E-state index in [-0.39, 0.29) is 22.6 Å². The molecule has 0 aromatic heterocycles. The number of rotatable bonds is 3. The van der Waals surface area contributed by atoms with E-state index in [2.05, 4.69) is 0 Å². The molecule has 4 heteroatoms. The van der Waals surface area contributed by atoms with Gasteiger partial charge in [-0.15, -0.1) is 0 Å². The monoisotopic (exact) mass is 241 g/mol. The van der Waals surface area contributed by atoms with Crippen molar-refractivity contribution in [1.29, 1.82) is 0 Å². The van der Waals surface area contributed by atoms with Gasteiger partial charge in [0.15, 0.2) is 5.78 Å². The molecular weight excluding hydrogens is 232 g/mol. The number of ketones is 1. The quantitative estimate of drug-likeness (QED) is 0.803. The highest BCUT2D eigenvalue weighted by Gasteiger charge is 2.14. The van der Waals surface area contributed by atoms with E-state index in [1.54, 1.807) is 6.29 Å². The van der Waals surface area contributed by atoms with Crippen LogP contribution in [0.3, 0.4) is 0 Å². The largest absolute Gasteiger partial charge is 0.508 e. The summed E-state index contributed by atoms with van der Waals surface area (Å²) in [5.74, 6) is -0.468. The second kappa shape index (κ2) is 4.71. The first-order valence-corrected chi connectivity index (χ1v) is 5.16. The molecule has 0 bridgehead atoms. The van der Waals surface area contributed by atoms with Gasteiger partial charge in [0.05, 0.1) is 0 Å². The van der Waals surface area contributed by atoms with Gasteiger partial charge in [0.1, 0.15) is 11.5 Å². The topological polar surface area (TPSA) is 74.6 Å². The van der Waals surface area contributed by atoms with Gasteiger partial charge >= 0.3 is 0 Å². The third-order valence-electron chi connectivity index (χ3n) is 2.49. The predicted molar refractivity (Wildman–Crippen MR) is 64.4 cm³/mol. The molecule has 0 atom stereocenters. The number of hydrogen-bond donors (Lipinski definition) is 2. The number of phenols is 2. The fourth-order valence-corrected chi connectivity index (χ4v) is 1.58. The highest BCUT2D eigenvalue weighted by Crippen LogP contribution is 2.20. The third kappa shape index (κ3) is 2.22. The Morgan fingerprint density at radius 3 is 2.17 bits per heavy atom. The number of hydrogen-bond acceptors (Lipinski definition) is 4. The Hall–Kier alpha value is -2.62. The third-order valence-corrected chi connectivity index (χ3v) is 2.49. The van der Waals surface area contributed by atoms with E-state index in [1.807, 2.05) is 0 Å². The summed E-state index contributed by atoms with van der Waals surface area (Å²) in [4.78, 5) is 22.8. The molecule has 2 rings (SSSR count). The van der Waals surface area contributed by atoms with E-state index in [1.165, 1.54) is 42.5 Å². The molecule has 0 saturated carbocycles. The van der Waals surface area contributed by atoms with Gasteiger partial charge < -0.3 is 10.2 Å². The average molecular weight is 241 g/mol. The Morgan fingerprint density at radius 1 is 0.944 bits per heavy atom. The van der Waals surface area contributed by atoms with Gasteiger partial charge in [0.2, 0.25) is 6.29 Å². The van der Waals surface area contributed by atoms with Crippen LogP contribution in [0, 0.1) is 0 Å². The lowest BCUT2D eigenvalue weighted by Gasteiger charge is -2.04. The van der Waals surface area contributed by atoms with Crippen LogP contribution in [0.4, 0.5) is 0 Å². The number of carbonyl (C=O) groups is 1. The molecule has 0 heterocycles. The van der Waals surface area contributed by atoms with Crippen molar-refractivity contribution in [2.75, 3.05) is 0 Å². The minimum Gasteiger partial charge on any atom is -0.508 e. The maximum absolute atomic E-state index is 12.1.